The Balaban J connectivity index is 1.21. The molecular formula is C29H28Cl3FN2O5S. The Morgan fingerprint density at radius 3 is 2.44 bits per heavy atom. The number of fused-ring (bicyclic) bond motifs is 1. The van der Waals surface area contributed by atoms with E-state index in [0.717, 1.165) is 29.7 Å². The molecule has 2 aliphatic heterocycles. The van der Waals surface area contributed by atoms with Crippen LogP contribution < -0.4 is 4.74 Å². The minimum atomic E-state index is -3.59. The average Bonchev–Trinajstić information content (AvgIpc) is 2.93. The molecule has 7 nitrogen and oxygen atoms in total. The Morgan fingerprint density at radius 2 is 1.76 bits per heavy atom. The molecule has 0 atom stereocenters. The molecule has 2 aromatic carbocycles. The van der Waals surface area contributed by atoms with E-state index >= 15 is 4.39 Å². The van der Waals surface area contributed by atoms with E-state index < -0.39 is 31.3 Å². The van der Waals surface area contributed by atoms with Gasteiger partial charge in [0.1, 0.15) is 23.8 Å². The molecule has 1 spiro atoms. The lowest BCUT2D eigenvalue weighted by molar-refractivity contribution is -0.0141. The molecule has 5 rings (SSSR count). The van der Waals surface area contributed by atoms with E-state index in [-0.39, 0.29) is 23.5 Å². The predicted octanol–water partition coefficient (Wildman–Crippen LogP) is 6.67. The smallest absolute Gasteiger partial charge is 0.409 e. The van der Waals surface area contributed by atoms with Crippen LogP contribution in [0.4, 0.5) is 9.18 Å². The minimum Gasteiger partial charge on any atom is -0.487 e. The number of amides is 1. The maximum Gasteiger partial charge on any atom is 0.409 e. The van der Waals surface area contributed by atoms with Gasteiger partial charge in [-0.3, -0.25) is 4.98 Å². The number of carbonyl (C=O) groups is 1. The predicted molar refractivity (Wildman–Crippen MR) is 157 cm³/mol. The highest BCUT2D eigenvalue weighted by Gasteiger charge is 2.41. The maximum absolute atomic E-state index is 15.0. The third-order valence-electron chi connectivity index (χ3n) is 7.38. The number of hydrogen-bond acceptors (Lipinski definition) is 6. The van der Waals surface area contributed by atoms with Crippen molar-refractivity contribution in [2.24, 2.45) is 0 Å². The minimum absolute atomic E-state index is 0.121. The van der Waals surface area contributed by atoms with Crippen LogP contribution in [-0.4, -0.2) is 53.5 Å². The number of aryl methyl sites for hydroxylation is 1. The summed E-state index contributed by atoms with van der Waals surface area (Å²) >= 11 is 17.0. The van der Waals surface area contributed by atoms with Crippen molar-refractivity contribution in [3.63, 3.8) is 0 Å². The van der Waals surface area contributed by atoms with Crippen LogP contribution in [0.25, 0.3) is 11.1 Å². The van der Waals surface area contributed by atoms with Crippen LogP contribution in [0.3, 0.4) is 0 Å². The first-order valence-electron chi connectivity index (χ1n) is 13.1. The second-order valence-corrected chi connectivity index (χ2v) is 15.0. The summed E-state index contributed by atoms with van der Waals surface area (Å²) in [6.45, 7) is 0.618. The third-order valence-corrected chi connectivity index (χ3v) is 9.20. The molecule has 0 aliphatic carbocycles. The number of likely N-dealkylation sites (tertiary alicyclic amines) is 1. The van der Waals surface area contributed by atoms with Crippen LogP contribution in [0, 0.1) is 5.82 Å². The number of nitrogens with zero attached hydrogens (tertiary/aromatic N) is 2. The Kier molecular flexibility index (Phi) is 8.71. The second kappa shape index (κ2) is 12.0. The lowest BCUT2D eigenvalue weighted by Crippen LogP contribution is -2.51. The first-order chi connectivity index (χ1) is 19.4. The van der Waals surface area contributed by atoms with Gasteiger partial charge >= 0.3 is 6.09 Å². The topological polar surface area (TPSA) is 85.8 Å². The van der Waals surface area contributed by atoms with Gasteiger partial charge in [0.2, 0.25) is 3.79 Å². The zero-order chi connectivity index (χ0) is 29.3. The number of aromatic nitrogens is 1. The van der Waals surface area contributed by atoms with Gasteiger partial charge in [-0.25, -0.2) is 17.6 Å². The highest BCUT2D eigenvalue weighted by atomic mass is 35.6. The fraction of sp³-hybridized carbons (Fsp3) is 0.379. The number of pyridine rings is 1. The quantitative estimate of drug-likeness (QED) is 0.280. The lowest BCUT2D eigenvalue weighted by atomic mass is 9.82. The molecule has 2 aliphatic rings. The monoisotopic (exact) mass is 640 g/mol. The van der Waals surface area contributed by atoms with Crippen LogP contribution in [0.5, 0.6) is 5.75 Å². The number of ether oxygens (including phenoxy) is 2. The standard InChI is InChI=1S/C29H28Cl3FN2O5S/c30-29(31,32)19-39-27(36)35-13-10-28(11-14-35)9-8-22-15-20(6-7-26(22)40-28)21-4-5-23(25(33)16-21)17-41(37,38)18-24-3-1-2-12-34-24/h1-7,12,15-16H,8-11,13-14,17-19H2. The molecule has 12 heteroatoms. The van der Waals surface area contributed by atoms with E-state index in [4.69, 9.17) is 44.3 Å². The summed E-state index contributed by atoms with van der Waals surface area (Å²) < 4.78 is 50.1. The van der Waals surface area contributed by atoms with Crippen LogP contribution >= 0.6 is 34.8 Å². The van der Waals surface area contributed by atoms with E-state index in [1.54, 1.807) is 29.2 Å². The van der Waals surface area contributed by atoms with Gasteiger partial charge in [0.25, 0.3) is 0 Å². The van der Waals surface area contributed by atoms with Crippen molar-refractivity contribution < 1.29 is 27.1 Å². The molecule has 218 valence electrons. The van der Waals surface area contributed by atoms with Gasteiger partial charge in [-0.1, -0.05) is 59.1 Å². The number of benzene rings is 2. The highest BCUT2D eigenvalue weighted by molar-refractivity contribution is 7.89. The fourth-order valence-corrected chi connectivity index (χ4v) is 6.82. The normalized spacial score (nSPS) is 16.6. The molecule has 0 radical (unpaired) electrons. The van der Waals surface area contributed by atoms with Gasteiger partial charge in [-0.05, 0) is 59.9 Å². The average molecular weight is 642 g/mol. The summed E-state index contributed by atoms with van der Waals surface area (Å²) in [7, 11) is -3.59. The van der Waals surface area contributed by atoms with Crippen molar-refractivity contribution in [3.05, 3.63) is 83.4 Å². The van der Waals surface area contributed by atoms with E-state index in [9.17, 15) is 13.2 Å². The van der Waals surface area contributed by atoms with Crippen molar-refractivity contribution in [1.29, 1.82) is 0 Å². The third kappa shape index (κ3) is 7.63. The largest absolute Gasteiger partial charge is 0.487 e. The summed E-state index contributed by atoms with van der Waals surface area (Å²) in [5, 5.41) is 0. The lowest BCUT2D eigenvalue weighted by Gasteiger charge is -2.44. The van der Waals surface area contributed by atoms with E-state index in [1.165, 1.54) is 18.3 Å². The fourth-order valence-electron chi connectivity index (χ4n) is 5.23. The van der Waals surface area contributed by atoms with Crippen LogP contribution in [0.1, 0.15) is 36.1 Å². The Hall–Kier alpha value is -2.59. The van der Waals surface area contributed by atoms with Gasteiger partial charge in [-0.15, -0.1) is 0 Å². The molecule has 1 saturated heterocycles. The summed E-state index contributed by atoms with van der Waals surface area (Å²) in [4.78, 5) is 17.9. The van der Waals surface area contributed by atoms with Crippen LogP contribution in [0.2, 0.25) is 0 Å². The number of carbonyl (C=O) groups excluding carboxylic acids is 1. The molecule has 0 bridgehead atoms. The van der Waals surface area contributed by atoms with E-state index in [0.29, 0.717) is 37.2 Å². The molecular weight excluding hydrogens is 614 g/mol. The molecule has 0 saturated carbocycles. The number of alkyl halides is 3. The SMILES string of the molecule is O=C(OCC(Cl)(Cl)Cl)N1CCC2(CCc3cc(-c4ccc(CS(=O)(=O)Cc5ccccn5)c(F)c4)ccc3O2)CC1. The number of hydrogen-bond donors (Lipinski definition) is 0. The van der Waals surface area contributed by atoms with Gasteiger partial charge in [-0.2, -0.15) is 0 Å². The molecule has 3 aromatic rings. The second-order valence-electron chi connectivity index (χ2n) is 10.4. The summed E-state index contributed by atoms with van der Waals surface area (Å²) in [5.74, 6) is -0.457. The molecule has 3 heterocycles. The number of sulfone groups is 1. The van der Waals surface area contributed by atoms with Crippen molar-refractivity contribution in [1.82, 2.24) is 9.88 Å². The molecule has 1 aromatic heterocycles. The molecule has 1 amide bonds. The Bertz CT molecular complexity index is 1530. The molecule has 0 unspecified atom stereocenters. The zero-order valence-corrected chi connectivity index (χ0v) is 25.1. The van der Waals surface area contributed by atoms with Crippen molar-refractivity contribution in [2.45, 2.75) is 46.6 Å². The van der Waals surface area contributed by atoms with E-state index in [2.05, 4.69) is 4.98 Å². The maximum atomic E-state index is 15.0. The molecule has 1 fully saturated rings. The number of rotatable bonds is 6. The van der Waals surface area contributed by atoms with Crippen LogP contribution in [-0.2, 0) is 32.5 Å². The van der Waals surface area contributed by atoms with Gasteiger partial charge < -0.3 is 14.4 Å². The zero-order valence-electron chi connectivity index (χ0n) is 22.0. The van der Waals surface area contributed by atoms with E-state index in [1.807, 2.05) is 18.2 Å². The highest BCUT2D eigenvalue weighted by Crippen LogP contribution is 2.41. The van der Waals surface area contributed by atoms with Gasteiger partial charge in [0.05, 0.1) is 17.2 Å². The molecule has 0 N–H and O–H groups in total. The first kappa shape index (κ1) is 29.9. The number of halogens is 4. The number of piperidine rings is 1. The molecule has 41 heavy (non-hydrogen) atoms. The van der Waals surface area contributed by atoms with Crippen molar-refractivity contribution in [2.75, 3.05) is 19.7 Å². The van der Waals surface area contributed by atoms with Crippen molar-refractivity contribution >= 4 is 50.7 Å². The van der Waals surface area contributed by atoms with Crippen molar-refractivity contribution in [3.8, 4) is 16.9 Å². The Morgan fingerprint density at radius 1 is 1.02 bits per heavy atom. The first-order valence-corrected chi connectivity index (χ1v) is 16.1. The summed E-state index contributed by atoms with van der Waals surface area (Å²) in [6.07, 6.45) is 3.86. The summed E-state index contributed by atoms with van der Waals surface area (Å²) in [5.41, 5.74) is 2.65. The van der Waals surface area contributed by atoms with Gasteiger partial charge in [0, 0.05) is 37.7 Å². The van der Waals surface area contributed by atoms with Crippen LogP contribution in [0.15, 0.2) is 60.8 Å². The Labute approximate surface area is 253 Å². The van der Waals surface area contributed by atoms with Gasteiger partial charge in [0.15, 0.2) is 9.84 Å². The summed E-state index contributed by atoms with van der Waals surface area (Å²) in [6, 6.07) is 15.4.